The summed E-state index contributed by atoms with van der Waals surface area (Å²) in [7, 11) is 0.445. The van der Waals surface area contributed by atoms with Crippen LogP contribution in [0.1, 0.15) is 0 Å². The van der Waals surface area contributed by atoms with Crippen LogP contribution in [0.25, 0.3) is 0 Å². The highest BCUT2D eigenvalue weighted by atomic mass is 79.9. The van der Waals surface area contributed by atoms with Gasteiger partial charge in [0.15, 0.2) is 7.28 Å². The number of nitrogens with zero attached hydrogens (tertiary/aromatic N) is 1. The summed E-state index contributed by atoms with van der Waals surface area (Å²) in [5.74, 6) is -0.470. The molecular formula is C7H6BBrFNO2. The average Bonchev–Trinajstić information content (AvgIpc) is 2.08. The maximum atomic E-state index is 12.9. The minimum atomic E-state index is -0.511. The van der Waals surface area contributed by atoms with Crippen molar-refractivity contribution in [1.82, 2.24) is 0 Å². The molecule has 1 rings (SSSR count). The number of halogens is 2. The van der Waals surface area contributed by atoms with Gasteiger partial charge in [-0.05, 0) is 27.5 Å². The predicted octanol–water partition coefficient (Wildman–Crippen LogP) is 1.61. The smallest absolute Gasteiger partial charge is 0.258 e. The molecule has 0 saturated heterocycles. The third kappa shape index (κ3) is 2.06. The van der Waals surface area contributed by atoms with Crippen LogP contribution >= 0.6 is 15.9 Å². The summed E-state index contributed by atoms with van der Waals surface area (Å²) in [5.41, 5.74) is 0.362. The zero-order chi connectivity index (χ0) is 10.0. The van der Waals surface area contributed by atoms with Gasteiger partial charge in [0.25, 0.3) is 5.69 Å². The predicted molar refractivity (Wildman–Crippen MR) is 53.4 cm³/mol. The Labute approximate surface area is 83.5 Å². The van der Waals surface area contributed by atoms with Gasteiger partial charge in [0.05, 0.1) is 9.40 Å². The molecule has 0 radical (unpaired) electrons. The fraction of sp³-hybridized carbons (Fsp3) is 0.143. The maximum Gasteiger partial charge on any atom is 0.264 e. The monoisotopic (exact) mass is 245 g/mol. The lowest BCUT2D eigenvalue weighted by molar-refractivity contribution is -0.383. The van der Waals surface area contributed by atoms with Crippen molar-refractivity contribution in [3.05, 3.63) is 32.5 Å². The molecule has 0 aliphatic heterocycles. The zero-order valence-electron chi connectivity index (χ0n) is 6.88. The van der Waals surface area contributed by atoms with Crippen molar-refractivity contribution in [3.8, 4) is 0 Å². The molecule has 0 fully saturated rings. The Kier molecular flexibility index (Phi) is 3.03. The fourth-order valence-corrected chi connectivity index (χ4v) is 1.36. The fourth-order valence-electron chi connectivity index (χ4n) is 1.03. The number of hydrogen-bond acceptors (Lipinski definition) is 2. The van der Waals surface area contributed by atoms with E-state index in [0.29, 0.717) is 12.7 Å². The third-order valence-corrected chi connectivity index (χ3v) is 2.31. The van der Waals surface area contributed by atoms with Crippen molar-refractivity contribution in [3.63, 3.8) is 0 Å². The van der Waals surface area contributed by atoms with Gasteiger partial charge in [-0.25, -0.2) is 4.39 Å². The molecule has 0 aromatic heterocycles. The Hall–Kier alpha value is -0.905. The summed E-state index contributed by atoms with van der Waals surface area (Å²) < 4.78 is 13.1. The molecule has 0 aliphatic rings. The van der Waals surface area contributed by atoms with Gasteiger partial charge < -0.3 is 0 Å². The first-order valence-corrected chi connectivity index (χ1v) is 4.48. The van der Waals surface area contributed by atoms with E-state index < -0.39 is 10.7 Å². The molecule has 0 amide bonds. The van der Waals surface area contributed by atoms with Crippen LogP contribution in [0.4, 0.5) is 10.1 Å². The summed E-state index contributed by atoms with van der Waals surface area (Å²) in [6, 6.07) is 2.37. The first-order valence-electron chi connectivity index (χ1n) is 3.68. The van der Waals surface area contributed by atoms with Crippen LogP contribution in [0, 0.1) is 15.9 Å². The molecule has 0 atom stereocenters. The van der Waals surface area contributed by atoms with Gasteiger partial charge >= 0.3 is 0 Å². The third-order valence-electron chi connectivity index (χ3n) is 1.70. The molecule has 13 heavy (non-hydrogen) atoms. The molecule has 0 aliphatic carbocycles. The zero-order valence-corrected chi connectivity index (χ0v) is 8.47. The van der Waals surface area contributed by atoms with E-state index in [-0.39, 0.29) is 10.2 Å². The largest absolute Gasteiger partial charge is 0.264 e. The number of hydrogen-bond donors (Lipinski definition) is 0. The average molecular weight is 246 g/mol. The Morgan fingerprint density at radius 3 is 2.69 bits per heavy atom. The lowest BCUT2D eigenvalue weighted by atomic mass is 9.72. The second kappa shape index (κ2) is 3.87. The molecule has 0 saturated carbocycles. The van der Waals surface area contributed by atoms with Crippen molar-refractivity contribution < 1.29 is 9.31 Å². The van der Waals surface area contributed by atoms with Crippen molar-refractivity contribution >= 4 is 34.4 Å². The molecule has 68 valence electrons. The second-order valence-electron chi connectivity index (χ2n) is 2.51. The van der Waals surface area contributed by atoms with Crippen LogP contribution < -0.4 is 5.46 Å². The number of rotatable bonds is 2. The molecule has 0 bridgehead atoms. The summed E-state index contributed by atoms with van der Waals surface area (Å²) in [6.45, 7) is 1.75. The van der Waals surface area contributed by atoms with E-state index in [2.05, 4.69) is 15.9 Å². The van der Waals surface area contributed by atoms with E-state index in [1.807, 2.05) is 0 Å². The Morgan fingerprint density at radius 2 is 2.23 bits per heavy atom. The summed E-state index contributed by atoms with van der Waals surface area (Å²) >= 11 is 2.90. The lowest BCUT2D eigenvalue weighted by Crippen LogP contribution is -2.16. The highest BCUT2D eigenvalue weighted by Gasteiger charge is 2.15. The highest BCUT2D eigenvalue weighted by Crippen LogP contribution is 2.19. The number of nitro benzene ring substituents is 1. The molecule has 0 spiro atoms. The van der Waals surface area contributed by atoms with Crippen LogP contribution in [0.3, 0.4) is 0 Å². The van der Waals surface area contributed by atoms with Crippen molar-refractivity contribution in [1.29, 1.82) is 0 Å². The minimum absolute atomic E-state index is 0.0456. The second-order valence-corrected chi connectivity index (χ2v) is 3.36. The molecule has 0 heterocycles. The van der Waals surface area contributed by atoms with E-state index in [9.17, 15) is 14.5 Å². The van der Waals surface area contributed by atoms with Crippen LogP contribution in [0.5, 0.6) is 0 Å². The Morgan fingerprint density at radius 1 is 1.62 bits per heavy atom. The first kappa shape index (κ1) is 10.2. The molecule has 0 N–H and O–H groups in total. The van der Waals surface area contributed by atoms with Gasteiger partial charge in [-0.1, -0.05) is 6.82 Å². The first-order chi connectivity index (χ1) is 6.06. The number of nitro groups is 1. The van der Waals surface area contributed by atoms with E-state index in [0.717, 1.165) is 0 Å². The normalized spacial score (nSPS) is 9.77. The highest BCUT2D eigenvalue weighted by molar-refractivity contribution is 9.10. The van der Waals surface area contributed by atoms with Crippen LogP contribution in [0.2, 0.25) is 6.82 Å². The van der Waals surface area contributed by atoms with Gasteiger partial charge in [-0.15, -0.1) is 0 Å². The van der Waals surface area contributed by atoms with Crippen LogP contribution in [-0.4, -0.2) is 12.2 Å². The van der Waals surface area contributed by atoms with Crippen LogP contribution in [0.15, 0.2) is 16.6 Å². The molecule has 1 aromatic rings. The van der Waals surface area contributed by atoms with Crippen LogP contribution in [-0.2, 0) is 0 Å². The summed E-state index contributed by atoms with van der Waals surface area (Å²) in [4.78, 5) is 10.00. The number of benzene rings is 1. The molecule has 1 aromatic carbocycles. The van der Waals surface area contributed by atoms with Crippen molar-refractivity contribution in [2.75, 3.05) is 0 Å². The molecular weight excluding hydrogens is 240 g/mol. The van der Waals surface area contributed by atoms with E-state index in [1.165, 1.54) is 12.1 Å². The SMILES string of the molecule is CBc1cc(F)c(Br)cc1[N+](=O)[O-]. The quantitative estimate of drug-likeness (QED) is 0.451. The standard InChI is InChI=1S/C7H6BBrFNO2/c1-8-4-2-6(10)5(9)3-7(4)11(12)13/h2-3,8H,1H3. The van der Waals surface area contributed by atoms with Gasteiger partial charge in [0.1, 0.15) is 5.82 Å². The van der Waals surface area contributed by atoms with E-state index in [1.54, 1.807) is 6.82 Å². The van der Waals surface area contributed by atoms with Crippen molar-refractivity contribution in [2.24, 2.45) is 0 Å². The summed E-state index contributed by atoms with van der Waals surface area (Å²) in [6.07, 6.45) is 0. The molecule has 3 nitrogen and oxygen atoms in total. The van der Waals surface area contributed by atoms with Gasteiger partial charge in [0.2, 0.25) is 0 Å². The lowest BCUT2D eigenvalue weighted by Gasteiger charge is -2.00. The Bertz CT molecular complexity index is 359. The van der Waals surface area contributed by atoms with E-state index in [4.69, 9.17) is 0 Å². The van der Waals surface area contributed by atoms with E-state index >= 15 is 0 Å². The van der Waals surface area contributed by atoms with Gasteiger partial charge in [-0.3, -0.25) is 10.1 Å². The topological polar surface area (TPSA) is 43.1 Å². The maximum absolute atomic E-state index is 12.9. The summed E-state index contributed by atoms with van der Waals surface area (Å²) in [5, 5.41) is 10.5. The molecule has 0 unspecified atom stereocenters. The Balaban J connectivity index is 3.33. The van der Waals surface area contributed by atoms with Crippen molar-refractivity contribution in [2.45, 2.75) is 6.82 Å². The van der Waals surface area contributed by atoms with Gasteiger partial charge in [-0.2, -0.15) is 0 Å². The molecule has 6 heteroatoms. The minimum Gasteiger partial charge on any atom is -0.258 e. The van der Waals surface area contributed by atoms with Gasteiger partial charge in [0, 0.05) is 6.07 Å².